The summed E-state index contributed by atoms with van der Waals surface area (Å²) in [5, 5.41) is 10.3. The van der Waals surface area contributed by atoms with Crippen molar-refractivity contribution in [2.45, 2.75) is 0 Å². The molecule has 0 amide bonds. The Bertz CT molecular complexity index is 394. The molecule has 0 fully saturated rings. The van der Waals surface area contributed by atoms with Gasteiger partial charge in [0.1, 0.15) is 5.82 Å². The number of nitro groups is 1. The second-order valence-electron chi connectivity index (χ2n) is 2.48. The maximum atomic E-state index is 13.0. The molecule has 1 aromatic carbocycles. The van der Waals surface area contributed by atoms with Gasteiger partial charge >= 0.3 is 0 Å². The molecule has 6 heteroatoms. The summed E-state index contributed by atoms with van der Waals surface area (Å²) in [4.78, 5) is 20.8. The molecule has 0 radical (unpaired) electrons. The molecule has 1 rings (SSSR count). The third kappa shape index (κ3) is 2.14. The van der Waals surface area contributed by atoms with E-state index >= 15 is 0 Å². The van der Waals surface area contributed by atoms with Crippen molar-refractivity contribution in [1.82, 2.24) is 0 Å². The first-order valence-corrected chi connectivity index (χ1v) is 4.71. The number of Topliss-reactive ketones (excluding diaryl/α,β-unsaturated/α-hetero) is 1. The van der Waals surface area contributed by atoms with Crippen LogP contribution in [0.25, 0.3) is 0 Å². The van der Waals surface area contributed by atoms with Crippen LogP contribution in [0.2, 0.25) is 0 Å². The summed E-state index contributed by atoms with van der Waals surface area (Å²) < 4.78 is 13.0. The van der Waals surface area contributed by atoms with E-state index in [2.05, 4.69) is 15.9 Å². The van der Waals surface area contributed by atoms with Crippen LogP contribution in [0.5, 0.6) is 0 Å². The van der Waals surface area contributed by atoms with Gasteiger partial charge in [-0.3, -0.25) is 14.9 Å². The van der Waals surface area contributed by atoms with Gasteiger partial charge in [-0.05, 0) is 6.07 Å². The van der Waals surface area contributed by atoms with Crippen molar-refractivity contribution >= 4 is 27.4 Å². The molecule has 0 aliphatic rings. The predicted molar refractivity (Wildman–Crippen MR) is 51.2 cm³/mol. The lowest BCUT2D eigenvalue weighted by Crippen LogP contribution is -2.04. The Morgan fingerprint density at radius 3 is 2.71 bits per heavy atom. The molecule has 0 N–H and O–H groups in total. The van der Waals surface area contributed by atoms with E-state index in [1.165, 1.54) is 0 Å². The van der Waals surface area contributed by atoms with Crippen LogP contribution in [0.3, 0.4) is 0 Å². The molecule has 74 valence electrons. The number of hydrogen-bond donors (Lipinski definition) is 0. The summed E-state index contributed by atoms with van der Waals surface area (Å²) in [6.07, 6.45) is 0. The summed E-state index contributed by atoms with van der Waals surface area (Å²) in [5.74, 6) is -1.27. The zero-order valence-electron chi connectivity index (χ0n) is 6.87. The molecule has 0 unspecified atom stereocenters. The van der Waals surface area contributed by atoms with E-state index in [9.17, 15) is 19.3 Å². The van der Waals surface area contributed by atoms with Gasteiger partial charge in [0, 0.05) is 12.1 Å². The summed E-state index contributed by atoms with van der Waals surface area (Å²) in [6.45, 7) is 0. The maximum absolute atomic E-state index is 13.0. The van der Waals surface area contributed by atoms with Crippen molar-refractivity contribution in [3.8, 4) is 0 Å². The molecule has 0 saturated carbocycles. The van der Waals surface area contributed by atoms with Gasteiger partial charge in [-0.2, -0.15) is 0 Å². The van der Waals surface area contributed by atoms with Crippen molar-refractivity contribution in [2.24, 2.45) is 0 Å². The molecule has 0 saturated heterocycles. The average molecular weight is 262 g/mol. The van der Waals surface area contributed by atoms with Crippen molar-refractivity contribution in [2.75, 3.05) is 5.33 Å². The van der Waals surface area contributed by atoms with Gasteiger partial charge in [-0.15, -0.1) is 0 Å². The van der Waals surface area contributed by atoms with Crippen LogP contribution in [0, 0.1) is 15.9 Å². The first-order chi connectivity index (χ1) is 6.56. The fourth-order valence-electron chi connectivity index (χ4n) is 0.912. The van der Waals surface area contributed by atoms with E-state index in [4.69, 9.17) is 0 Å². The SMILES string of the molecule is O=C(CBr)c1cc([N+](=O)[O-])ccc1F. The third-order valence-corrected chi connectivity index (χ3v) is 2.09. The quantitative estimate of drug-likeness (QED) is 0.363. The highest BCUT2D eigenvalue weighted by atomic mass is 79.9. The predicted octanol–water partition coefficient (Wildman–Crippen LogP) is 2.31. The van der Waals surface area contributed by atoms with Crippen LogP contribution in [0.4, 0.5) is 10.1 Å². The highest BCUT2D eigenvalue weighted by Gasteiger charge is 2.15. The second kappa shape index (κ2) is 4.28. The monoisotopic (exact) mass is 261 g/mol. The molecule has 0 heterocycles. The fraction of sp³-hybridized carbons (Fsp3) is 0.125. The Labute approximate surface area is 87.0 Å². The van der Waals surface area contributed by atoms with Gasteiger partial charge < -0.3 is 0 Å². The Morgan fingerprint density at radius 2 is 2.21 bits per heavy atom. The Kier molecular flexibility index (Phi) is 3.29. The topological polar surface area (TPSA) is 60.2 Å². The Hall–Kier alpha value is -1.30. The molecule has 1 aromatic rings. The minimum Gasteiger partial charge on any atom is -0.293 e. The molecular weight excluding hydrogens is 257 g/mol. The van der Waals surface area contributed by atoms with Crippen LogP contribution in [-0.4, -0.2) is 16.0 Å². The Balaban J connectivity index is 3.21. The summed E-state index contributed by atoms with van der Waals surface area (Å²) in [5.41, 5.74) is -0.563. The summed E-state index contributed by atoms with van der Waals surface area (Å²) in [7, 11) is 0. The van der Waals surface area contributed by atoms with Crippen molar-refractivity contribution in [3.05, 3.63) is 39.7 Å². The van der Waals surface area contributed by atoms with Gasteiger partial charge in [0.25, 0.3) is 5.69 Å². The van der Waals surface area contributed by atoms with Gasteiger partial charge in [0.15, 0.2) is 5.78 Å². The number of benzene rings is 1. The van der Waals surface area contributed by atoms with Crippen LogP contribution in [0.1, 0.15) is 10.4 Å². The van der Waals surface area contributed by atoms with E-state index in [0.29, 0.717) is 0 Å². The van der Waals surface area contributed by atoms with Crippen molar-refractivity contribution in [3.63, 3.8) is 0 Å². The zero-order valence-corrected chi connectivity index (χ0v) is 8.45. The lowest BCUT2D eigenvalue weighted by Gasteiger charge is -1.98. The number of nitro benzene ring substituents is 1. The smallest absolute Gasteiger partial charge is 0.270 e. The van der Waals surface area contributed by atoms with Crippen molar-refractivity contribution < 1.29 is 14.1 Å². The largest absolute Gasteiger partial charge is 0.293 e. The number of rotatable bonds is 3. The number of hydrogen-bond acceptors (Lipinski definition) is 3. The van der Waals surface area contributed by atoms with Crippen LogP contribution < -0.4 is 0 Å². The number of alkyl halides is 1. The molecule has 0 aliphatic carbocycles. The average Bonchev–Trinajstić information content (AvgIpc) is 2.17. The highest BCUT2D eigenvalue weighted by molar-refractivity contribution is 9.09. The molecule has 0 aromatic heterocycles. The first-order valence-electron chi connectivity index (χ1n) is 3.59. The third-order valence-electron chi connectivity index (χ3n) is 1.58. The fourth-order valence-corrected chi connectivity index (χ4v) is 1.21. The van der Waals surface area contributed by atoms with Gasteiger partial charge in [-0.25, -0.2) is 4.39 Å². The molecule has 0 spiro atoms. The highest BCUT2D eigenvalue weighted by Crippen LogP contribution is 2.17. The van der Waals surface area contributed by atoms with Crippen LogP contribution in [-0.2, 0) is 0 Å². The van der Waals surface area contributed by atoms with Gasteiger partial charge in [0.05, 0.1) is 15.8 Å². The Morgan fingerprint density at radius 1 is 1.57 bits per heavy atom. The van der Waals surface area contributed by atoms with Crippen LogP contribution >= 0.6 is 15.9 Å². The summed E-state index contributed by atoms with van der Waals surface area (Å²) in [6, 6.07) is 2.85. The van der Waals surface area contributed by atoms with E-state index in [1.54, 1.807) is 0 Å². The molecule has 14 heavy (non-hydrogen) atoms. The summed E-state index contributed by atoms with van der Waals surface area (Å²) >= 11 is 2.86. The first kappa shape index (κ1) is 10.8. The van der Waals surface area contributed by atoms with E-state index < -0.39 is 16.5 Å². The molecule has 0 aliphatic heterocycles. The number of non-ortho nitro benzene ring substituents is 1. The molecule has 0 atom stereocenters. The number of nitrogens with zero attached hydrogens (tertiary/aromatic N) is 1. The van der Waals surface area contributed by atoms with E-state index in [0.717, 1.165) is 18.2 Å². The van der Waals surface area contributed by atoms with Gasteiger partial charge in [-0.1, -0.05) is 15.9 Å². The second-order valence-corrected chi connectivity index (χ2v) is 3.04. The lowest BCUT2D eigenvalue weighted by molar-refractivity contribution is -0.384. The number of carbonyl (C=O) groups is 1. The minimum atomic E-state index is -0.750. The normalized spacial score (nSPS) is 9.86. The van der Waals surface area contributed by atoms with Gasteiger partial charge in [0.2, 0.25) is 0 Å². The van der Waals surface area contributed by atoms with E-state index in [-0.39, 0.29) is 16.6 Å². The minimum absolute atomic E-state index is 0.0644. The molecule has 4 nitrogen and oxygen atoms in total. The standard InChI is InChI=1S/C8H5BrFNO3/c9-4-8(12)6-3-5(11(13)14)1-2-7(6)10/h1-3H,4H2. The number of carbonyl (C=O) groups excluding carboxylic acids is 1. The lowest BCUT2D eigenvalue weighted by atomic mass is 10.1. The van der Waals surface area contributed by atoms with Crippen LogP contribution in [0.15, 0.2) is 18.2 Å². The molecular formula is C8H5BrFNO3. The number of halogens is 2. The maximum Gasteiger partial charge on any atom is 0.270 e. The molecule has 0 bridgehead atoms. The van der Waals surface area contributed by atoms with E-state index in [1.807, 2.05) is 0 Å². The zero-order chi connectivity index (χ0) is 10.7. The van der Waals surface area contributed by atoms with Crippen molar-refractivity contribution in [1.29, 1.82) is 0 Å². The number of ketones is 1.